The van der Waals surface area contributed by atoms with Crippen LogP contribution in [0.4, 0.5) is 5.82 Å². The van der Waals surface area contributed by atoms with Gasteiger partial charge in [0, 0.05) is 38.7 Å². The van der Waals surface area contributed by atoms with Crippen molar-refractivity contribution in [2.75, 3.05) is 31.6 Å². The highest BCUT2D eigenvalue weighted by atomic mass is 32.2. The maximum Gasteiger partial charge on any atom is 0.217 e. The van der Waals surface area contributed by atoms with Crippen molar-refractivity contribution in [1.29, 1.82) is 0 Å². The Morgan fingerprint density at radius 1 is 1.29 bits per heavy atom. The molecule has 7 heteroatoms. The molecule has 0 bridgehead atoms. The predicted octanol–water partition coefficient (Wildman–Crippen LogP) is 0.825. The smallest absolute Gasteiger partial charge is 0.217 e. The quantitative estimate of drug-likeness (QED) is 0.824. The van der Waals surface area contributed by atoms with Crippen LogP contribution in [0.15, 0.2) is 6.33 Å². The molecule has 0 amide bonds. The minimum atomic E-state index is -3.10. The lowest BCUT2D eigenvalue weighted by atomic mass is 10.1. The van der Waals surface area contributed by atoms with E-state index in [1.807, 2.05) is 7.05 Å². The fourth-order valence-corrected chi connectivity index (χ4v) is 4.64. The molecule has 0 atom stereocenters. The summed E-state index contributed by atoms with van der Waals surface area (Å²) in [4.78, 5) is 10.8. The molecule has 0 aromatic carbocycles. The second-order valence-corrected chi connectivity index (χ2v) is 7.99. The van der Waals surface area contributed by atoms with Gasteiger partial charge in [-0.15, -0.1) is 0 Å². The van der Waals surface area contributed by atoms with E-state index in [9.17, 15) is 8.42 Å². The lowest BCUT2D eigenvalue weighted by Gasteiger charge is -2.20. The highest BCUT2D eigenvalue weighted by molar-refractivity contribution is 7.90. The summed E-state index contributed by atoms with van der Waals surface area (Å²) in [6.07, 6.45) is 4.59. The summed E-state index contributed by atoms with van der Waals surface area (Å²) in [7, 11) is -1.09. The number of sulfonamides is 1. The summed E-state index contributed by atoms with van der Waals surface area (Å²) in [5, 5.41) is -0.136. The van der Waals surface area contributed by atoms with Crippen LogP contribution in [0.5, 0.6) is 0 Å². The van der Waals surface area contributed by atoms with Crippen LogP contribution in [-0.2, 0) is 22.9 Å². The molecule has 2 heterocycles. The van der Waals surface area contributed by atoms with Gasteiger partial charge in [-0.1, -0.05) is 0 Å². The fraction of sp³-hybridized carbons (Fsp3) is 0.714. The topological polar surface area (TPSA) is 66.4 Å². The van der Waals surface area contributed by atoms with Gasteiger partial charge in [-0.05, 0) is 26.2 Å². The van der Waals surface area contributed by atoms with E-state index in [2.05, 4.69) is 21.8 Å². The molecule has 6 nitrogen and oxygen atoms in total. The van der Waals surface area contributed by atoms with Gasteiger partial charge in [0.05, 0.1) is 10.9 Å². The van der Waals surface area contributed by atoms with Crippen molar-refractivity contribution in [1.82, 2.24) is 14.3 Å². The predicted molar refractivity (Wildman–Crippen MR) is 81.9 cm³/mol. The van der Waals surface area contributed by atoms with Crippen molar-refractivity contribution in [2.45, 2.75) is 37.9 Å². The molecular formula is C14H22N4O2S. The second-order valence-electron chi connectivity index (χ2n) is 5.78. The number of aromatic nitrogens is 2. The standard InChI is InChI=1S/C14H22N4O2S/c1-3-17(2)14-12-6-8-18(21(19,20)11-4-5-11)9-7-13(12)15-10-16-14/h10-11H,3-9H2,1-2H3. The summed E-state index contributed by atoms with van der Waals surface area (Å²) in [6, 6.07) is 0. The zero-order valence-electron chi connectivity index (χ0n) is 12.6. The SMILES string of the molecule is CCN(C)c1ncnc2c1CCN(S(=O)(=O)C1CC1)CC2. The van der Waals surface area contributed by atoms with Crippen LogP contribution in [0.2, 0.25) is 0 Å². The van der Waals surface area contributed by atoms with Crippen molar-refractivity contribution in [3.63, 3.8) is 0 Å². The average molecular weight is 310 g/mol. The normalized spacial score (nSPS) is 19.9. The lowest BCUT2D eigenvalue weighted by Crippen LogP contribution is -2.35. The Morgan fingerprint density at radius 3 is 2.67 bits per heavy atom. The first-order valence-corrected chi connectivity index (χ1v) is 9.07. The number of hydrogen-bond donors (Lipinski definition) is 0. The van der Waals surface area contributed by atoms with E-state index in [0.717, 1.165) is 36.5 Å². The molecular weight excluding hydrogens is 288 g/mol. The average Bonchev–Trinajstić information content (AvgIpc) is 3.31. The Kier molecular flexibility index (Phi) is 3.88. The molecule has 1 aromatic heterocycles. The molecule has 0 saturated heterocycles. The van der Waals surface area contributed by atoms with E-state index in [4.69, 9.17) is 0 Å². The van der Waals surface area contributed by atoms with Crippen LogP contribution in [0.3, 0.4) is 0 Å². The lowest BCUT2D eigenvalue weighted by molar-refractivity contribution is 0.425. The van der Waals surface area contributed by atoms with Crippen molar-refractivity contribution < 1.29 is 8.42 Å². The van der Waals surface area contributed by atoms with Gasteiger partial charge in [-0.3, -0.25) is 0 Å². The van der Waals surface area contributed by atoms with Gasteiger partial charge < -0.3 is 4.90 Å². The Morgan fingerprint density at radius 2 is 2.00 bits per heavy atom. The molecule has 1 aliphatic carbocycles. The van der Waals surface area contributed by atoms with Crippen molar-refractivity contribution in [3.05, 3.63) is 17.6 Å². The Hall–Kier alpha value is -1.21. The molecule has 21 heavy (non-hydrogen) atoms. The minimum Gasteiger partial charge on any atom is -0.360 e. The molecule has 2 aliphatic rings. The summed E-state index contributed by atoms with van der Waals surface area (Å²) < 4.78 is 26.5. The van der Waals surface area contributed by atoms with E-state index >= 15 is 0 Å². The number of fused-ring (bicyclic) bond motifs is 1. The maximum atomic E-state index is 12.4. The minimum absolute atomic E-state index is 0.136. The molecule has 116 valence electrons. The number of nitrogens with zero attached hydrogens (tertiary/aromatic N) is 4. The number of rotatable bonds is 4. The Bertz CT molecular complexity index is 628. The zero-order chi connectivity index (χ0) is 15.0. The van der Waals surface area contributed by atoms with Crippen LogP contribution in [0, 0.1) is 0 Å². The maximum absolute atomic E-state index is 12.4. The van der Waals surface area contributed by atoms with Crippen LogP contribution in [0.25, 0.3) is 0 Å². The summed E-state index contributed by atoms with van der Waals surface area (Å²) in [5.41, 5.74) is 2.10. The zero-order valence-corrected chi connectivity index (χ0v) is 13.4. The van der Waals surface area contributed by atoms with E-state index in [-0.39, 0.29) is 5.25 Å². The first-order valence-electron chi connectivity index (χ1n) is 7.57. The van der Waals surface area contributed by atoms with Crippen molar-refractivity contribution >= 4 is 15.8 Å². The molecule has 0 radical (unpaired) electrons. The van der Waals surface area contributed by atoms with Gasteiger partial charge in [0.2, 0.25) is 10.0 Å². The largest absolute Gasteiger partial charge is 0.360 e. The van der Waals surface area contributed by atoms with Gasteiger partial charge >= 0.3 is 0 Å². The first-order chi connectivity index (χ1) is 10.0. The highest BCUT2D eigenvalue weighted by Crippen LogP contribution is 2.32. The van der Waals surface area contributed by atoms with Crippen molar-refractivity contribution in [3.8, 4) is 0 Å². The van der Waals surface area contributed by atoms with Gasteiger partial charge in [0.15, 0.2) is 0 Å². The molecule has 3 rings (SSSR count). The van der Waals surface area contributed by atoms with E-state index < -0.39 is 10.0 Å². The molecule has 0 spiro atoms. The molecule has 1 fully saturated rings. The molecule has 0 N–H and O–H groups in total. The highest BCUT2D eigenvalue weighted by Gasteiger charge is 2.40. The van der Waals surface area contributed by atoms with Crippen LogP contribution < -0.4 is 4.90 Å². The third-order valence-corrected chi connectivity index (χ3v) is 6.76. The first kappa shape index (κ1) is 14.7. The fourth-order valence-electron chi connectivity index (χ4n) is 2.80. The molecule has 1 saturated carbocycles. The van der Waals surface area contributed by atoms with Crippen LogP contribution in [0.1, 0.15) is 31.0 Å². The van der Waals surface area contributed by atoms with Gasteiger partial charge in [-0.2, -0.15) is 0 Å². The third-order valence-electron chi connectivity index (χ3n) is 4.36. The molecule has 0 unspecified atom stereocenters. The Balaban J connectivity index is 1.86. The third kappa shape index (κ3) is 2.76. The molecule has 1 aliphatic heterocycles. The Labute approximate surface area is 126 Å². The van der Waals surface area contributed by atoms with Gasteiger partial charge in [0.25, 0.3) is 0 Å². The van der Waals surface area contributed by atoms with E-state index in [1.54, 1.807) is 10.6 Å². The van der Waals surface area contributed by atoms with Gasteiger partial charge in [-0.25, -0.2) is 22.7 Å². The summed E-state index contributed by atoms with van der Waals surface area (Å²) in [6.45, 7) is 4.03. The van der Waals surface area contributed by atoms with E-state index in [0.29, 0.717) is 25.9 Å². The van der Waals surface area contributed by atoms with E-state index in [1.165, 1.54) is 0 Å². The van der Waals surface area contributed by atoms with Crippen LogP contribution >= 0.6 is 0 Å². The van der Waals surface area contributed by atoms with Gasteiger partial charge in [0.1, 0.15) is 12.1 Å². The van der Waals surface area contributed by atoms with Crippen molar-refractivity contribution in [2.24, 2.45) is 0 Å². The second kappa shape index (κ2) is 5.53. The summed E-state index contributed by atoms with van der Waals surface area (Å²) in [5.74, 6) is 0.938. The summed E-state index contributed by atoms with van der Waals surface area (Å²) >= 11 is 0. The number of hydrogen-bond acceptors (Lipinski definition) is 5. The monoisotopic (exact) mass is 310 g/mol. The van der Waals surface area contributed by atoms with Crippen LogP contribution in [-0.4, -0.2) is 54.6 Å². The molecule has 1 aromatic rings. The number of anilines is 1.